The van der Waals surface area contributed by atoms with Gasteiger partial charge in [0.05, 0.1) is 6.20 Å². The van der Waals surface area contributed by atoms with Crippen LogP contribution in [0.15, 0.2) is 10.6 Å². The van der Waals surface area contributed by atoms with E-state index in [0.29, 0.717) is 12.0 Å². The Hall–Kier alpha value is -0.830. The average molecular weight is 262 g/mol. The van der Waals surface area contributed by atoms with Gasteiger partial charge in [-0.05, 0) is 44.1 Å². The summed E-state index contributed by atoms with van der Waals surface area (Å²) in [6.45, 7) is 5.40. The molecule has 3 unspecified atom stereocenters. The maximum atomic E-state index is 5.99. The Labute approximate surface area is 116 Å². The summed E-state index contributed by atoms with van der Waals surface area (Å²) in [6, 6.07) is 0.564. The van der Waals surface area contributed by atoms with Gasteiger partial charge in [-0.2, -0.15) is 0 Å². The van der Waals surface area contributed by atoms with Crippen molar-refractivity contribution in [3.8, 4) is 0 Å². The van der Waals surface area contributed by atoms with Gasteiger partial charge in [-0.15, -0.1) is 0 Å². The van der Waals surface area contributed by atoms with Crippen molar-refractivity contribution in [3.05, 3.63) is 17.8 Å². The number of hydrogen-bond donors (Lipinski definition) is 1. The SMILES string of the molecule is CC(C)NCCCc1ncc(C2CC3CCC2C3)o1. The Morgan fingerprint density at radius 2 is 2.26 bits per heavy atom. The van der Waals surface area contributed by atoms with Gasteiger partial charge in [0.2, 0.25) is 0 Å². The molecule has 0 amide bonds. The monoisotopic (exact) mass is 262 g/mol. The van der Waals surface area contributed by atoms with Crippen LogP contribution in [0.1, 0.15) is 63.5 Å². The van der Waals surface area contributed by atoms with Crippen molar-refractivity contribution >= 4 is 0 Å². The lowest BCUT2D eigenvalue weighted by molar-refractivity contribution is 0.342. The molecule has 2 aliphatic carbocycles. The highest BCUT2D eigenvalue weighted by molar-refractivity contribution is 5.10. The van der Waals surface area contributed by atoms with Gasteiger partial charge in [-0.1, -0.05) is 20.3 Å². The zero-order valence-corrected chi connectivity index (χ0v) is 12.2. The molecule has 2 bridgehead atoms. The topological polar surface area (TPSA) is 38.1 Å². The highest BCUT2D eigenvalue weighted by Crippen LogP contribution is 2.52. The Kier molecular flexibility index (Phi) is 3.92. The van der Waals surface area contributed by atoms with Crippen molar-refractivity contribution in [2.75, 3.05) is 6.54 Å². The fraction of sp³-hybridized carbons (Fsp3) is 0.812. The highest BCUT2D eigenvalue weighted by atomic mass is 16.4. The van der Waals surface area contributed by atoms with Gasteiger partial charge >= 0.3 is 0 Å². The third-order valence-electron chi connectivity index (χ3n) is 4.79. The number of aryl methyl sites for hydroxylation is 1. The molecule has 1 aromatic heterocycles. The van der Waals surface area contributed by atoms with Crippen LogP contribution in [0, 0.1) is 11.8 Å². The van der Waals surface area contributed by atoms with Crippen LogP contribution in [0.5, 0.6) is 0 Å². The molecule has 0 aromatic carbocycles. The van der Waals surface area contributed by atoms with Gasteiger partial charge < -0.3 is 9.73 Å². The van der Waals surface area contributed by atoms with Gasteiger partial charge in [0.15, 0.2) is 5.89 Å². The van der Waals surface area contributed by atoms with E-state index >= 15 is 0 Å². The van der Waals surface area contributed by atoms with E-state index in [2.05, 4.69) is 24.1 Å². The Bertz CT molecular complexity index is 413. The Balaban J connectivity index is 1.49. The normalized spacial score (nSPS) is 29.5. The maximum Gasteiger partial charge on any atom is 0.194 e. The predicted octanol–water partition coefficient (Wildman–Crippen LogP) is 3.51. The van der Waals surface area contributed by atoms with E-state index in [-0.39, 0.29) is 0 Å². The van der Waals surface area contributed by atoms with Crippen LogP contribution in [0.2, 0.25) is 0 Å². The quantitative estimate of drug-likeness (QED) is 0.797. The standard InChI is InChI=1S/C16H26N2O/c1-11(2)17-7-3-4-16-18-10-15(19-16)14-9-12-5-6-13(14)8-12/h10-14,17H,3-9H2,1-2H3. The fourth-order valence-electron chi connectivity index (χ4n) is 3.83. The molecule has 106 valence electrons. The third-order valence-corrected chi connectivity index (χ3v) is 4.79. The first-order valence-electron chi connectivity index (χ1n) is 7.90. The number of fused-ring (bicyclic) bond motifs is 2. The molecular weight excluding hydrogens is 236 g/mol. The van der Waals surface area contributed by atoms with Crippen LogP contribution in [0.4, 0.5) is 0 Å². The number of nitrogens with one attached hydrogen (secondary N) is 1. The summed E-state index contributed by atoms with van der Waals surface area (Å²) in [5.41, 5.74) is 0. The van der Waals surface area contributed by atoms with Crippen LogP contribution >= 0.6 is 0 Å². The average Bonchev–Trinajstić information content (AvgIpc) is 3.09. The molecule has 1 heterocycles. The number of rotatable bonds is 6. The first-order valence-corrected chi connectivity index (χ1v) is 7.90. The van der Waals surface area contributed by atoms with E-state index in [0.717, 1.165) is 37.1 Å². The summed E-state index contributed by atoms with van der Waals surface area (Å²) >= 11 is 0. The van der Waals surface area contributed by atoms with E-state index in [1.807, 2.05) is 6.20 Å². The van der Waals surface area contributed by atoms with Crippen LogP contribution < -0.4 is 5.32 Å². The second kappa shape index (κ2) is 5.66. The molecule has 3 heteroatoms. The van der Waals surface area contributed by atoms with Crippen LogP contribution in [0.3, 0.4) is 0 Å². The molecule has 0 aliphatic heterocycles. The van der Waals surface area contributed by atoms with Crippen LogP contribution in [-0.4, -0.2) is 17.6 Å². The van der Waals surface area contributed by atoms with Crippen molar-refractivity contribution < 1.29 is 4.42 Å². The molecule has 3 atom stereocenters. The second-order valence-electron chi connectivity index (χ2n) is 6.65. The van der Waals surface area contributed by atoms with Gasteiger partial charge in [-0.3, -0.25) is 0 Å². The van der Waals surface area contributed by atoms with E-state index < -0.39 is 0 Å². The molecule has 0 saturated heterocycles. The molecule has 2 aliphatic rings. The number of aromatic nitrogens is 1. The minimum atomic E-state index is 0.564. The largest absolute Gasteiger partial charge is 0.445 e. The molecule has 3 rings (SSSR count). The number of oxazole rings is 1. The summed E-state index contributed by atoms with van der Waals surface area (Å²) in [5.74, 6) is 4.63. The lowest BCUT2D eigenvalue weighted by Gasteiger charge is -2.18. The maximum absolute atomic E-state index is 5.99. The molecule has 0 spiro atoms. The molecule has 3 nitrogen and oxygen atoms in total. The molecule has 1 N–H and O–H groups in total. The van der Waals surface area contributed by atoms with E-state index in [9.17, 15) is 0 Å². The summed E-state index contributed by atoms with van der Waals surface area (Å²) in [4.78, 5) is 4.47. The summed E-state index contributed by atoms with van der Waals surface area (Å²) in [5, 5.41) is 3.43. The van der Waals surface area contributed by atoms with Gasteiger partial charge in [0, 0.05) is 18.4 Å². The van der Waals surface area contributed by atoms with Gasteiger partial charge in [0.25, 0.3) is 0 Å². The molecule has 19 heavy (non-hydrogen) atoms. The molecule has 2 saturated carbocycles. The first kappa shape index (κ1) is 13.2. The Morgan fingerprint density at radius 1 is 1.37 bits per heavy atom. The molecule has 1 aromatic rings. The fourth-order valence-corrected chi connectivity index (χ4v) is 3.83. The van der Waals surface area contributed by atoms with Gasteiger partial charge in [-0.25, -0.2) is 4.98 Å². The molecule has 0 radical (unpaired) electrons. The second-order valence-corrected chi connectivity index (χ2v) is 6.65. The van der Waals surface area contributed by atoms with Crippen LogP contribution in [0.25, 0.3) is 0 Å². The summed E-state index contributed by atoms with van der Waals surface area (Å²) in [7, 11) is 0. The van der Waals surface area contributed by atoms with E-state index in [1.165, 1.54) is 31.4 Å². The Morgan fingerprint density at radius 3 is 2.95 bits per heavy atom. The summed E-state index contributed by atoms with van der Waals surface area (Å²) in [6.07, 6.45) is 9.69. The van der Waals surface area contributed by atoms with Crippen molar-refractivity contribution in [1.29, 1.82) is 0 Å². The minimum absolute atomic E-state index is 0.564. The minimum Gasteiger partial charge on any atom is -0.445 e. The van der Waals surface area contributed by atoms with Crippen molar-refractivity contribution in [2.24, 2.45) is 11.8 Å². The van der Waals surface area contributed by atoms with Crippen molar-refractivity contribution in [2.45, 2.75) is 64.3 Å². The van der Waals surface area contributed by atoms with Gasteiger partial charge in [0.1, 0.15) is 5.76 Å². The first-order chi connectivity index (χ1) is 9.22. The highest BCUT2D eigenvalue weighted by Gasteiger charge is 2.41. The van der Waals surface area contributed by atoms with E-state index in [4.69, 9.17) is 4.42 Å². The smallest absolute Gasteiger partial charge is 0.194 e. The number of nitrogens with zero attached hydrogens (tertiary/aromatic N) is 1. The van der Waals surface area contributed by atoms with Crippen molar-refractivity contribution in [1.82, 2.24) is 10.3 Å². The lowest BCUT2D eigenvalue weighted by Crippen LogP contribution is -2.23. The molecule has 2 fully saturated rings. The predicted molar refractivity (Wildman–Crippen MR) is 76.2 cm³/mol. The summed E-state index contributed by atoms with van der Waals surface area (Å²) < 4.78 is 5.99. The third kappa shape index (κ3) is 3.02. The lowest BCUT2D eigenvalue weighted by atomic mass is 9.87. The van der Waals surface area contributed by atoms with Crippen LogP contribution in [-0.2, 0) is 6.42 Å². The zero-order chi connectivity index (χ0) is 13.2. The van der Waals surface area contributed by atoms with E-state index in [1.54, 1.807) is 0 Å². The zero-order valence-electron chi connectivity index (χ0n) is 12.2. The van der Waals surface area contributed by atoms with Crippen molar-refractivity contribution in [3.63, 3.8) is 0 Å². The molecular formula is C16H26N2O. The number of hydrogen-bond acceptors (Lipinski definition) is 3.